The molecular formula is C12H12O2S. The second kappa shape index (κ2) is 3.95. The number of phenolic OH excluding ortho intramolecular Hbond substituents is 2. The molecule has 0 aliphatic heterocycles. The predicted molar refractivity (Wildman–Crippen MR) is 61.6 cm³/mol. The molecule has 2 nitrogen and oxygen atoms in total. The Balaban J connectivity index is 2.38. The summed E-state index contributed by atoms with van der Waals surface area (Å²) in [6.45, 7) is 2.04. The highest BCUT2D eigenvalue weighted by Crippen LogP contribution is 2.34. The van der Waals surface area contributed by atoms with Gasteiger partial charge in [0.15, 0.2) is 0 Å². The Labute approximate surface area is 92.4 Å². The number of hydrogen-bond donors (Lipinski definition) is 2. The number of rotatable bonds is 2. The number of benzene rings is 1. The second-order valence-electron chi connectivity index (χ2n) is 3.48. The number of hydrogen-bond acceptors (Lipinski definition) is 3. The molecule has 1 unspecified atom stereocenters. The van der Waals surface area contributed by atoms with Gasteiger partial charge in [0.25, 0.3) is 0 Å². The van der Waals surface area contributed by atoms with Crippen LogP contribution in [-0.2, 0) is 0 Å². The Morgan fingerprint density at radius 2 is 2.00 bits per heavy atom. The molecule has 0 saturated heterocycles. The van der Waals surface area contributed by atoms with Gasteiger partial charge in [-0.1, -0.05) is 19.1 Å². The highest BCUT2D eigenvalue weighted by Gasteiger charge is 2.13. The quantitative estimate of drug-likeness (QED) is 0.815. The third-order valence-electron chi connectivity index (χ3n) is 2.45. The monoisotopic (exact) mass is 220 g/mol. The molecule has 1 heterocycles. The molecule has 0 aliphatic carbocycles. The molecule has 2 aromatic rings. The summed E-state index contributed by atoms with van der Waals surface area (Å²) in [4.78, 5) is 1.20. The normalized spacial score (nSPS) is 12.6. The first-order valence-corrected chi connectivity index (χ1v) is 5.61. The topological polar surface area (TPSA) is 40.5 Å². The lowest BCUT2D eigenvalue weighted by atomic mass is 9.98. The zero-order valence-electron chi connectivity index (χ0n) is 8.34. The van der Waals surface area contributed by atoms with Gasteiger partial charge in [0, 0.05) is 22.4 Å². The van der Waals surface area contributed by atoms with Crippen LogP contribution in [0.5, 0.6) is 11.5 Å². The molecule has 0 radical (unpaired) electrons. The van der Waals surface area contributed by atoms with Crippen molar-refractivity contribution in [1.82, 2.24) is 0 Å². The van der Waals surface area contributed by atoms with Crippen LogP contribution in [0, 0.1) is 0 Å². The molecule has 3 heteroatoms. The van der Waals surface area contributed by atoms with Crippen LogP contribution in [0.25, 0.3) is 0 Å². The summed E-state index contributed by atoms with van der Waals surface area (Å²) in [6.07, 6.45) is 0. The highest BCUT2D eigenvalue weighted by atomic mass is 32.1. The first-order chi connectivity index (χ1) is 7.18. The van der Waals surface area contributed by atoms with Gasteiger partial charge in [0.1, 0.15) is 11.5 Å². The number of phenols is 2. The van der Waals surface area contributed by atoms with E-state index in [1.54, 1.807) is 23.5 Å². The maximum Gasteiger partial charge on any atom is 0.123 e. The van der Waals surface area contributed by atoms with E-state index < -0.39 is 0 Å². The lowest BCUT2D eigenvalue weighted by Crippen LogP contribution is -1.93. The summed E-state index contributed by atoms with van der Waals surface area (Å²) < 4.78 is 0. The SMILES string of the molecule is CC(c1cccs1)c1ccc(O)cc1O. The van der Waals surface area contributed by atoms with Crippen molar-refractivity contribution in [3.8, 4) is 11.5 Å². The fourth-order valence-corrected chi connectivity index (χ4v) is 2.39. The Morgan fingerprint density at radius 3 is 2.60 bits per heavy atom. The van der Waals surface area contributed by atoms with Gasteiger partial charge >= 0.3 is 0 Å². The van der Waals surface area contributed by atoms with E-state index in [1.165, 1.54) is 10.9 Å². The van der Waals surface area contributed by atoms with E-state index in [1.807, 2.05) is 24.4 Å². The highest BCUT2D eigenvalue weighted by molar-refractivity contribution is 7.10. The van der Waals surface area contributed by atoms with Crippen molar-refractivity contribution < 1.29 is 10.2 Å². The van der Waals surface area contributed by atoms with Crippen LogP contribution in [0.15, 0.2) is 35.7 Å². The van der Waals surface area contributed by atoms with Crippen LogP contribution < -0.4 is 0 Å². The van der Waals surface area contributed by atoms with E-state index in [9.17, 15) is 10.2 Å². The summed E-state index contributed by atoms with van der Waals surface area (Å²) in [5.41, 5.74) is 0.843. The van der Waals surface area contributed by atoms with Crippen LogP contribution in [0.3, 0.4) is 0 Å². The number of aromatic hydroxyl groups is 2. The Morgan fingerprint density at radius 1 is 1.20 bits per heavy atom. The lowest BCUT2D eigenvalue weighted by molar-refractivity contribution is 0.445. The minimum absolute atomic E-state index is 0.0922. The molecule has 1 aromatic heterocycles. The molecule has 15 heavy (non-hydrogen) atoms. The molecule has 2 N–H and O–H groups in total. The van der Waals surface area contributed by atoms with Crippen LogP contribution in [0.2, 0.25) is 0 Å². The van der Waals surface area contributed by atoms with Crippen LogP contribution in [-0.4, -0.2) is 10.2 Å². The lowest BCUT2D eigenvalue weighted by Gasteiger charge is -2.11. The van der Waals surface area contributed by atoms with Gasteiger partial charge in [-0.3, -0.25) is 0 Å². The maximum absolute atomic E-state index is 9.71. The van der Waals surface area contributed by atoms with Crippen molar-refractivity contribution in [2.45, 2.75) is 12.8 Å². The summed E-state index contributed by atoms with van der Waals surface area (Å²) in [5.74, 6) is 0.399. The predicted octanol–water partition coefficient (Wildman–Crippen LogP) is 3.31. The standard InChI is InChI=1S/C12H12O2S/c1-8(12-3-2-6-15-12)10-5-4-9(13)7-11(10)14/h2-8,13-14H,1H3. The van der Waals surface area contributed by atoms with E-state index in [4.69, 9.17) is 0 Å². The fraction of sp³-hybridized carbons (Fsp3) is 0.167. The van der Waals surface area contributed by atoms with E-state index in [2.05, 4.69) is 0 Å². The van der Waals surface area contributed by atoms with Gasteiger partial charge in [-0.25, -0.2) is 0 Å². The van der Waals surface area contributed by atoms with Gasteiger partial charge in [-0.2, -0.15) is 0 Å². The minimum atomic E-state index is 0.0922. The van der Waals surface area contributed by atoms with Gasteiger partial charge in [0.2, 0.25) is 0 Å². The largest absolute Gasteiger partial charge is 0.508 e. The molecule has 0 bridgehead atoms. The van der Waals surface area contributed by atoms with Gasteiger partial charge in [0.05, 0.1) is 0 Å². The average molecular weight is 220 g/mol. The maximum atomic E-state index is 9.71. The van der Waals surface area contributed by atoms with Gasteiger partial charge in [-0.05, 0) is 17.5 Å². The molecule has 78 valence electrons. The smallest absolute Gasteiger partial charge is 0.123 e. The Bertz CT molecular complexity index is 449. The Kier molecular flexibility index (Phi) is 2.64. The summed E-state index contributed by atoms with van der Waals surface area (Å²) in [6, 6.07) is 8.77. The molecule has 0 aliphatic rings. The average Bonchev–Trinajstić information content (AvgIpc) is 2.69. The summed E-state index contributed by atoms with van der Waals surface area (Å²) in [7, 11) is 0. The fourth-order valence-electron chi connectivity index (χ4n) is 1.59. The first-order valence-electron chi connectivity index (χ1n) is 4.74. The van der Waals surface area contributed by atoms with Crippen molar-refractivity contribution in [2.24, 2.45) is 0 Å². The number of thiophene rings is 1. The van der Waals surface area contributed by atoms with Crippen molar-refractivity contribution in [2.75, 3.05) is 0 Å². The first kappa shape index (κ1) is 10.1. The zero-order chi connectivity index (χ0) is 10.8. The Hall–Kier alpha value is -1.48. The third kappa shape index (κ3) is 1.97. The van der Waals surface area contributed by atoms with Crippen LogP contribution >= 0.6 is 11.3 Å². The minimum Gasteiger partial charge on any atom is -0.508 e. The molecule has 2 rings (SSSR count). The molecule has 1 atom stereocenters. The zero-order valence-corrected chi connectivity index (χ0v) is 9.16. The molecule has 0 saturated carbocycles. The second-order valence-corrected chi connectivity index (χ2v) is 4.46. The van der Waals surface area contributed by atoms with Gasteiger partial charge in [-0.15, -0.1) is 11.3 Å². The van der Waals surface area contributed by atoms with E-state index in [-0.39, 0.29) is 17.4 Å². The molecule has 1 aromatic carbocycles. The molecule has 0 spiro atoms. The van der Waals surface area contributed by atoms with Crippen molar-refractivity contribution >= 4 is 11.3 Å². The molecule has 0 amide bonds. The van der Waals surface area contributed by atoms with Crippen molar-refractivity contribution in [3.63, 3.8) is 0 Å². The van der Waals surface area contributed by atoms with E-state index in [0.717, 1.165) is 5.56 Å². The van der Waals surface area contributed by atoms with Crippen LogP contribution in [0.1, 0.15) is 23.3 Å². The third-order valence-corrected chi connectivity index (χ3v) is 3.51. The molecular weight excluding hydrogens is 208 g/mol. The van der Waals surface area contributed by atoms with Crippen LogP contribution in [0.4, 0.5) is 0 Å². The van der Waals surface area contributed by atoms with Crippen molar-refractivity contribution in [1.29, 1.82) is 0 Å². The van der Waals surface area contributed by atoms with Crippen molar-refractivity contribution in [3.05, 3.63) is 46.2 Å². The van der Waals surface area contributed by atoms with E-state index in [0.29, 0.717) is 0 Å². The van der Waals surface area contributed by atoms with E-state index >= 15 is 0 Å². The molecule has 0 fully saturated rings. The van der Waals surface area contributed by atoms with Gasteiger partial charge < -0.3 is 10.2 Å². The summed E-state index contributed by atoms with van der Waals surface area (Å²) >= 11 is 1.67. The summed E-state index contributed by atoms with van der Waals surface area (Å²) in [5, 5.41) is 20.9.